The smallest absolute Gasteiger partial charge is 0.235 e. The molecule has 0 saturated carbocycles. The molecule has 1 atom stereocenters. The van der Waals surface area contributed by atoms with E-state index in [9.17, 15) is 4.79 Å². The summed E-state index contributed by atoms with van der Waals surface area (Å²) >= 11 is 1.54. The standard InChI is InChI=1S/C18H28N4O3S/c1-15-3-2-4-17(20-15)26-16(13-21-5-9-24-10-6-21)18(23)19-14-22-7-11-25-12-8-22/h2-4,16H,5-14H2,1H3,(H,19,23). The van der Waals surface area contributed by atoms with Crippen molar-refractivity contribution < 1.29 is 14.3 Å². The van der Waals surface area contributed by atoms with Gasteiger partial charge in [-0.15, -0.1) is 0 Å². The van der Waals surface area contributed by atoms with Gasteiger partial charge in [0, 0.05) is 38.4 Å². The van der Waals surface area contributed by atoms with Gasteiger partial charge in [-0.25, -0.2) is 4.98 Å². The molecule has 26 heavy (non-hydrogen) atoms. The van der Waals surface area contributed by atoms with E-state index in [0.29, 0.717) is 13.2 Å². The fourth-order valence-corrected chi connectivity index (χ4v) is 4.11. The van der Waals surface area contributed by atoms with Gasteiger partial charge in [0.2, 0.25) is 5.91 Å². The maximum Gasteiger partial charge on any atom is 0.235 e. The van der Waals surface area contributed by atoms with Crippen LogP contribution in [0, 0.1) is 6.92 Å². The highest BCUT2D eigenvalue weighted by Gasteiger charge is 2.25. The second-order valence-electron chi connectivity index (χ2n) is 6.57. The summed E-state index contributed by atoms with van der Waals surface area (Å²) in [6.07, 6.45) is 0. The van der Waals surface area contributed by atoms with Gasteiger partial charge in [0.05, 0.1) is 38.1 Å². The highest BCUT2D eigenvalue weighted by atomic mass is 32.2. The molecule has 8 heteroatoms. The number of aryl methyl sites for hydroxylation is 1. The lowest BCUT2D eigenvalue weighted by Gasteiger charge is -2.31. The molecule has 1 N–H and O–H groups in total. The molecular weight excluding hydrogens is 352 g/mol. The zero-order valence-electron chi connectivity index (χ0n) is 15.4. The summed E-state index contributed by atoms with van der Waals surface area (Å²) in [7, 11) is 0. The molecule has 144 valence electrons. The molecule has 0 aliphatic carbocycles. The van der Waals surface area contributed by atoms with E-state index < -0.39 is 0 Å². The summed E-state index contributed by atoms with van der Waals surface area (Å²) in [5.41, 5.74) is 0.967. The first kappa shape index (κ1) is 19.6. The lowest BCUT2D eigenvalue weighted by Crippen LogP contribution is -2.49. The van der Waals surface area contributed by atoms with Crippen molar-refractivity contribution in [3.8, 4) is 0 Å². The Balaban J connectivity index is 1.59. The fourth-order valence-electron chi connectivity index (χ4n) is 2.98. The van der Waals surface area contributed by atoms with Crippen molar-refractivity contribution >= 4 is 17.7 Å². The van der Waals surface area contributed by atoms with Crippen molar-refractivity contribution in [2.75, 3.05) is 65.8 Å². The third kappa shape index (κ3) is 6.21. The third-order valence-electron chi connectivity index (χ3n) is 4.53. The number of rotatable bonds is 7. The molecule has 0 radical (unpaired) electrons. The number of morpholine rings is 2. The summed E-state index contributed by atoms with van der Waals surface area (Å²) in [6.45, 7) is 9.64. The van der Waals surface area contributed by atoms with Crippen LogP contribution in [-0.2, 0) is 14.3 Å². The molecule has 2 aliphatic heterocycles. The third-order valence-corrected chi connectivity index (χ3v) is 5.64. The highest BCUT2D eigenvalue weighted by Crippen LogP contribution is 2.23. The Bertz CT molecular complexity index is 577. The SMILES string of the molecule is Cc1cccc(SC(CN2CCOCC2)C(=O)NCN2CCOCC2)n1. The Labute approximate surface area is 159 Å². The first-order valence-electron chi connectivity index (χ1n) is 9.19. The van der Waals surface area contributed by atoms with Crippen LogP contribution in [0.25, 0.3) is 0 Å². The average Bonchev–Trinajstić information content (AvgIpc) is 2.67. The van der Waals surface area contributed by atoms with E-state index in [-0.39, 0.29) is 11.2 Å². The summed E-state index contributed by atoms with van der Waals surface area (Å²) in [4.78, 5) is 21.9. The van der Waals surface area contributed by atoms with Gasteiger partial charge in [-0.2, -0.15) is 0 Å². The molecule has 1 aromatic heterocycles. The number of pyridine rings is 1. The molecule has 0 spiro atoms. The topological polar surface area (TPSA) is 66.9 Å². The molecule has 0 aromatic carbocycles. The molecule has 3 heterocycles. The van der Waals surface area contributed by atoms with Gasteiger partial charge >= 0.3 is 0 Å². The highest BCUT2D eigenvalue weighted by molar-refractivity contribution is 8.00. The van der Waals surface area contributed by atoms with E-state index in [1.165, 1.54) is 0 Å². The number of nitrogens with one attached hydrogen (secondary N) is 1. The van der Waals surface area contributed by atoms with Crippen molar-refractivity contribution in [1.82, 2.24) is 20.1 Å². The largest absolute Gasteiger partial charge is 0.379 e. The predicted octanol–water partition coefficient (Wildman–Crippen LogP) is 0.589. The van der Waals surface area contributed by atoms with Crippen LogP contribution >= 0.6 is 11.8 Å². The maximum absolute atomic E-state index is 12.9. The molecule has 2 fully saturated rings. The number of ether oxygens (including phenoxy) is 2. The zero-order chi connectivity index (χ0) is 18.2. The summed E-state index contributed by atoms with van der Waals surface area (Å²) < 4.78 is 10.8. The number of aromatic nitrogens is 1. The van der Waals surface area contributed by atoms with Gasteiger partial charge in [0.25, 0.3) is 0 Å². The van der Waals surface area contributed by atoms with Crippen molar-refractivity contribution in [2.45, 2.75) is 17.2 Å². The zero-order valence-corrected chi connectivity index (χ0v) is 16.2. The number of hydrogen-bond acceptors (Lipinski definition) is 7. The Morgan fingerprint density at radius 3 is 2.46 bits per heavy atom. The van der Waals surface area contributed by atoms with Gasteiger partial charge in [-0.05, 0) is 19.1 Å². The van der Waals surface area contributed by atoms with Crippen LogP contribution in [0.3, 0.4) is 0 Å². The van der Waals surface area contributed by atoms with Gasteiger partial charge in [-0.3, -0.25) is 14.6 Å². The Morgan fingerprint density at radius 2 is 1.81 bits per heavy atom. The quantitative estimate of drug-likeness (QED) is 0.695. The van der Waals surface area contributed by atoms with E-state index in [2.05, 4.69) is 20.1 Å². The van der Waals surface area contributed by atoms with Crippen LogP contribution in [0.5, 0.6) is 0 Å². The van der Waals surface area contributed by atoms with Crippen molar-refractivity contribution in [2.24, 2.45) is 0 Å². The second kappa shape index (κ2) is 10.2. The minimum Gasteiger partial charge on any atom is -0.379 e. The normalized spacial score (nSPS) is 20.7. The van der Waals surface area contributed by atoms with Gasteiger partial charge in [0.1, 0.15) is 5.25 Å². The van der Waals surface area contributed by atoms with Crippen molar-refractivity contribution in [3.05, 3.63) is 23.9 Å². The summed E-state index contributed by atoms with van der Waals surface area (Å²) in [5.74, 6) is 0.0660. The van der Waals surface area contributed by atoms with Crippen LogP contribution in [0.2, 0.25) is 0 Å². The molecule has 2 aliphatic rings. The first-order chi connectivity index (χ1) is 12.7. The number of amides is 1. The van der Waals surface area contributed by atoms with Crippen LogP contribution in [0.1, 0.15) is 5.69 Å². The van der Waals surface area contributed by atoms with Crippen LogP contribution in [0.15, 0.2) is 23.2 Å². The van der Waals surface area contributed by atoms with E-state index >= 15 is 0 Å². The van der Waals surface area contributed by atoms with E-state index in [4.69, 9.17) is 9.47 Å². The van der Waals surface area contributed by atoms with E-state index in [0.717, 1.165) is 63.3 Å². The lowest BCUT2D eigenvalue weighted by molar-refractivity contribution is -0.122. The molecule has 1 aromatic rings. The average molecular weight is 381 g/mol. The molecule has 0 bridgehead atoms. The lowest BCUT2D eigenvalue weighted by atomic mass is 10.3. The monoisotopic (exact) mass is 380 g/mol. The molecule has 3 rings (SSSR count). The van der Waals surface area contributed by atoms with E-state index in [1.807, 2.05) is 25.1 Å². The van der Waals surface area contributed by atoms with E-state index in [1.54, 1.807) is 11.8 Å². The molecule has 1 amide bonds. The maximum atomic E-state index is 12.9. The summed E-state index contributed by atoms with van der Waals surface area (Å²) in [6, 6.07) is 5.93. The predicted molar refractivity (Wildman–Crippen MR) is 101 cm³/mol. The first-order valence-corrected chi connectivity index (χ1v) is 10.1. The Morgan fingerprint density at radius 1 is 1.15 bits per heavy atom. The van der Waals surface area contributed by atoms with Crippen LogP contribution < -0.4 is 5.32 Å². The van der Waals surface area contributed by atoms with Crippen LogP contribution in [0.4, 0.5) is 0 Å². The summed E-state index contributed by atoms with van der Waals surface area (Å²) in [5, 5.41) is 3.80. The Hall–Kier alpha value is -1.19. The fraction of sp³-hybridized carbons (Fsp3) is 0.667. The van der Waals surface area contributed by atoms with Gasteiger partial charge in [0.15, 0.2) is 0 Å². The minimum atomic E-state index is -0.191. The molecule has 1 unspecified atom stereocenters. The number of carbonyl (C=O) groups excluding carboxylic acids is 1. The molecular formula is C18H28N4O3S. The molecule has 7 nitrogen and oxygen atoms in total. The minimum absolute atomic E-state index is 0.0660. The number of nitrogens with zero attached hydrogens (tertiary/aromatic N) is 3. The van der Waals surface area contributed by atoms with Crippen molar-refractivity contribution in [1.29, 1.82) is 0 Å². The number of hydrogen-bond donors (Lipinski definition) is 1. The molecule has 2 saturated heterocycles. The second-order valence-corrected chi connectivity index (χ2v) is 7.79. The van der Waals surface area contributed by atoms with Crippen molar-refractivity contribution in [3.63, 3.8) is 0 Å². The van der Waals surface area contributed by atoms with Gasteiger partial charge < -0.3 is 14.8 Å². The van der Waals surface area contributed by atoms with Gasteiger partial charge in [-0.1, -0.05) is 17.8 Å². The number of thioether (sulfide) groups is 1. The number of carbonyl (C=O) groups is 1. The van der Waals surface area contributed by atoms with Crippen LogP contribution in [-0.4, -0.2) is 91.8 Å². The Kier molecular flexibility index (Phi) is 7.69.